The Kier molecular flexibility index (Phi) is 3.05. The van der Waals surface area contributed by atoms with Gasteiger partial charge in [-0.05, 0) is 26.7 Å². The van der Waals surface area contributed by atoms with E-state index in [9.17, 15) is 0 Å². The van der Waals surface area contributed by atoms with Gasteiger partial charge in [0.25, 0.3) is 0 Å². The summed E-state index contributed by atoms with van der Waals surface area (Å²) in [6.07, 6.45) is 7.58. The summed E-state index contributed by atoms with van der Waals surface area (Å²) in [6.45, 7) is 0. The number of hydrogen-bond acceptors (Lipinski definition) is 2. The summed E-state index contributed by atoms with van der Waals surface area (Å²) < 4.78 is 2.18. The molecule has 1 nitrogen and oxygen atoms in total. The average molecular weight is 205 g/mol. The molecule has 0 amide bonds. The highest BCUT2D eigenvalue weighted by atomic mass is 32.9. The molecule has 1 heterocycles. The minimum Gasteiger partial charge on any atom is -0.273 e. The van der Waals surface area contributed by atoms with Gasteiger partial charge in [-0.15, -0.1) is 6.42 Å². The fourth-order valence-electron chi connectivity index (χ4n) is 0.993. The molecular formula is C7H12NPS2. The molecule has 2 atom stereocenters. The average Bonchev–Trinajstić information content (AvgIpc) is 2.33. The molecule has 11 heavy (non-hydrogen) atoms. The van der Waals surface area contributed by atoms with E-state index in [4.69, 9.17) is 18.2 Å². The molecule has 1 saturated heterocycles. The summed E-state index contributed by atoms with van der Waals surface area (Å²) in [5, 5.41) is -0.896. The van der Waals surface area contributed by atoms with Gasteiger partial charge in [-0.1, -0.05) is 29.1 Å². The highest BCUT2D eigenvalue weighted by Gasteiger charge is 2.31. The molecule has 0 aliphatic carbocycles. The summed E-state index contributed by atoms with van der Waals surface area (Å²) in [6, 6.07) is 0. The van der Waals surface area contributed by atoms with Crippen LogP contribution < -0.4 is 0 Å². The molecule has 0 bridgehead atoms. The summed E-state index contributed by atoms with van der Waals surface area (Å²) >= 11 is 7.38. The molecule has 1 aliphatic heterocycles. The van der Waals surface area contributed by atoms with Crippen LogP contribution in [-0.4, -0.2) is 30.2 Å². The van der Waals surface area contributed by atoms with Crippen molar-refractivity contribution in [1.82, 2.24) is 4.67 Å². The third-order valence-corrected chi connectivity index (χ3v) is 10.3. The first kappa shape index (κ1) is 9.61. The molecule has 62 valence electrons. The van der Waals surface area contributed by atoms with Gasteiger partial charge in [0.05, 0.1) is 10.6 Å². The summed E-state index contributed by atoms with van der Waals surface area (Å²) in [5.41, 5.74) is 0. The second-order valence-electron chi connectivity index (χ2n) is 2.76. The lowest BCUT2D eigenvalue weighted by molar-refractivity contribution is 0.684. The van der Waals surface area contributed by atoms with Crippen molar-refractivity contribution in [2.75, 3.05) is 20.3 Å². The molecule has 0 aromatic heterocycles. The molecule has 0 saturated carbocycles. The number of terminal acetylenes is 1. The van der Waals surface area contributed by atoms with E-state index in [1.807, 2.05) is 11.4 Å². The fraction of sp³-hybridized carbons (Fsp3) is 0.714. The predicted octanol–water partition coefficient (Wildman–Crippen LogP) is 2.00. The molecule has 1 fully saturated rings. The van der Waals surface area contributed by atoms with Crippen LogP contribution in [0.15, 0.2) is 0 Å². The van der Waals surface area contributed by atoms with Crippen LogP contribution in [0.1, 0.15) is 6.42 Å². The van der Waals surface area contributed by atoms with E-state index in [0.29, 0.717) is 5.25 Å². The van der Waals surface area contributed by atoms with Gasteiger partial charge in [-0.2, -0.15) is 0 Å². The van der Waals surface area contributed by atoms with Crippen molar-refractivity contribution in [1.29, 1.82) is 0 Å². The second kappa shape index (κ2) is 3.49. The summed E-state index contributed by atoms with van der Waals surface area (Å²) in [7, 11) is 4.12. The van der Waals surface area contributed by atoms with Crippen molar-refractivity contribution < 1.29 is 0 Å². The summed E-state index contributed by atoms with van der Waals surface area (Å²) in [4.78, 5) is 0. The number of rotatable bonds is 1. The summed E-state index contributed by atoms with van der Waals surface area (Å²) in [5.74, 6) is 2.77. The smallest absolute Gasteiger partial charge is 0.0719 e. The molecule has 4 heteroatoms. The Balaban J connectivity index is 2.67. The van der Waals surface area contributed by atoms with Crippen molar-refractivity contribution >= 4 is 28.6 Å². The van der Waals surface area contributed by atoms with Crippen LogP contribution in [0.25, 0.3) is 0 Å². The standard InChI is InChI=1S/C7H12NPS2/c1-4-7-5-6-9(10,11-7)8(2)3/h1,7H,5-6H2,2-3H3. The maximum absolute atomic E-state index is 5.54. The molecule has 0 spiro atoms. The van der Waals surface area contributed by atoms with Gasteiger partial charge >= 0.3 is 0 Å². The Labute approximate surface area is 77.7 Å². The zero-order valence-electron chi connectivity index (χ0n) is 6.78. The molecule has 0 aromatic carbocycles. The van der Waals surface area contributed by atoms with Crippen molar-refractivity contribution in [2.45, 2.75) is 11.7 Å². The largest absolute Gasteiger partial charge is 0.273 e. The Morgan fingerprint density at radius 3 is 2.64 bits per heavy atom. The molecule has 2 unspecified atom stereocenters. The lowest BCUT2D eigenvalue weighted by Crippen LogP contribution is -2.04. The number of nitrogens with zero attached hydrogens (tertiary/aromatic N) is 1. The Hall–Kier alpha value is 0.520. The third kappa shape index (κ3) is 2.00. The third-order valence-electron chi connectivity index (χ3n) is 1.76. The first-order valence-electron chi connectivity index (χ1n) is 3.50. The SMILES string of the molecule is C#CC1CCP(=S)(N(C)C)S1. The van der Waals surface area contributed by atoms with E-state index < -0.39 is 5.39 Å². The van der Waals surface area contributed by atoms with E-state index in [-0.39, 0.29) is 0 Å². The fourth-order valence-corrected chi connectivity index (χ4v) is 7.27. The molecule has 1 rings (SSSR count). The van der Waals surface area contributed by atoms with Gasteiger partial charge in [0.1, 0.15) is 0 Å². The van der Waals surface area contributed by atoms with Gasteiger partial charge in [0, 0.05) is 0 Å². The predicted molar refractivity (Wildman–Crippen MR) is 57.7 cm³/mol. The van der Waals surface area contributed by atoms with Crippen LogP contribution in [-0.2, 0) is 11.8 Å². The van der Waals surface area contributed by atoms with Crippen molar-refractivity contribution in [3.8, 4) is 12.3 Å². The Morgan fingerprint density at radius 1 is 1.73 bits per heavy atom. The van der Waals surface area contributed by atoms with Crippen LogP contribution in [0.3, 0.4) is 0 Å². The van der Waals surface area contributed by atoms with Gasteiger partial charge in [-0.25, -0.2) is 0 Å². The Bertz CT molecular complexity index is 231. The van der Waals surface area contributed by atoms with Crippen molar-refractivity contribution in [3.63, 3.8) is 0 Å². The van der Waals surface area contributed by atoms with E-state index in [0.717, 1.165) is 12.6 Å². The molecule has 1 aliphatic rings. The van der Waals surface area contributed by atoms with Gasteiger partial charge < -0.3 is 0 Å². The lowest BCUT2D eigenvalue weighted by atomic mass is 10.3. The monoisotopic (exact) mass is 205 g/mol. The highest BCUT2D eigenvalue weighted by Crippen LogP contribution is 2.67. The van der Waals surface area contributed by atoms with Crippen LogP contribution in [0.2, 0.25) is 0 Å². The minimum absolute atomic E-state index is 0.378. The first-order chi connectivity index (χ1) is 5.08. The zero-order valence-corrected chi connectivity index (χ0v) is 9.31. The second-order valence-corrected chi connectivity index (χ2v) is 11.0. The van der Waals surface area contributed by atoms with Gasteiger partial charge in [-0.3, -0.25) is 4.67 Å². The zero-order chi connectivity index (χ0) is 8.48. The van der Waals surface area contributed by atoms with E-state index >= 15 is 0 Å². The van der Waals surface area contributed by atoms with Crippen molar-refractivity contribution in [3.05, 3.63) is 0 Å². The lowest BCUT2D eigenvalue weighted by Gasteiger charge is -2.22. The molecular weight excluding hydrogens is 193 g/mol. The van der Waals surface area contributed by atoms with E-state index in [1.165, 1.54) is 0 Å². The maximum atomic E-state index is 5.54. The van der Waals surface area contributed by atoms with Crippen LogP contribution >= 0.6 is 16.8 Å². The normalized spacial score (nSPS) is 37.5. The molecule has 0 N–H and O–H groups in total. The van der Waals surface area contributed by atoms with Crippen LogP contribution in [0.4, 0.5) is 0 Å². The maximum Gasteiger partial charge on any atom is 0.0719 e. The van der Waals surface area contributed by atoms with E-state index in [2.05, 4.69) is 24.7 Å². The topological polar surface area (TPSA) is 3.24 Å². The van der Waals surface area contributed by atoms with Crippen LogP contribution in [0.5, 0.6) is 0 Å². The van der Waals surface area contributed by atoms with E-state index in [1.54, 1.807) is 0 Å². The Morgan fingerprint density at radius 2 is 2.36 bits per heavy atom. The van der Waals surface area contributed by atoms with Crippen molar-refractivity contribution in [2.24, 2.45) is 0 Å². The van der Waals surface area contributed by atoms with Gasteiger partial charge in [0.15, 0.2) is 0 Å². The number of hydrogen-bond donors (Lipinski definition) is 0. The first-order valence-corrected chi connectivity index (χ1v) is 7.92. The molecule has 0 aromatic rings. The highest BCUT2D eigenvalue weighted by molar-refractivity contribution is 8.70. The molecule has 0 radical (unpaired) electrons. The minimum atomic E-state index is -1.27. The quantitative estimate of drug-likeness (QED) is 0.476. The van der Waals surface area contributed by atoms with Gasteiger partial charge in [0.2, 0.25) is 0 Å². The van der Waals surface area contributed by atoms with Crippen LogP contribution in [0, 0.1) is 12.3 Å².